The highest BCUT2D eigenvalue weighted by molar-refractivity contribution is 7.92. The minimum Gasteiger partial charge on any atom is -0.480 e. The maximum absolute atomic E-state index is 12.0. The standard InChI is InChI=1S/C25H34N6O5S2/c1-16-19(15-30-7-5-18(32)6-8-30)22-23(37-16)21(27-25(2,28-22)31-9-11-36-12-10-31)17-13-20(29-38(4,33)34)24(35-3)26-14-17/h13-14,28-29H,5-12,15H2,1-4H3. The van der Waals surface area contributed by atoms with Gasteiger partial charge >= 0.3 is 0 Å². The maximum atomic E-state index is 12.0. The maximum Gasteiger partial charge on any atom is 0.238 e. The fraction of sp³-hybridized carbons (Fsp3) is 0.560. The lowest BCUT2D eigenvalue weighted by atomic mass is 10.0. The van der Waals surface area contributed by atoms with Crippen molar-refractivity contribution in [1.29, 1.82) is 0 Å². The summed E-state index contributed by atoms with van der Waals surface area (Å²) in [5, 5.41) is 3.75. The summed E-state index contributed by atoms with van der Waals surface area (Å²) in [7, 11) is -2.10. The Morgan fingerprint density at radius 3 is 2.61 bits per heavy atom. The van der Waals surface area contributed by atoms with Crippen molar-refractivity contribution in [3.63, 3.8) is 0 Å². The monoisotopic (exact) mass is 562 g/mol. The predicted molar refractivity (Wildman–Crippen MR) is 148 cm³/mol. The fourth-order valence-electron chi connectivity index (χ4n) is 5.15. The van der Waals surface area contributed by atoms with Gasteiger partial charge in [-0.05, 0) is 19.9 Å². The van der Waals surface area contributed by atoms with Crippen LogP contribution in [0.25, 0.3) is 0 Å². The van der Waals surface area contributed by atoms with Crippen molar-refractivity contribution in [2.75, 3.05) is 62.8 Å². The summed E-state index contributed by atoms with van der Waals surface area (Å²) >= 11 is 1.66. The number of likely N-dealkylation sites (tertiary alicyclic amines) is 1. The predicted octanol–water partition coefficient (Wildman–Crippen LogP) is 2.27. The summed E-state index contributed by atoms with van der Waals surface area (Å²) < 4.78 is 37.5. The van der Waals surface area contributed by atoms with E-state index in [1.807, 2.05) is 0 Å². The highest BCUT2D eigenvalue weighted by Gasteiger charge is 2.40. The van der Waals surface area contributed by atoms with Gasteiger partial charge in [0.1, 0.15) is 11.5 Å². The van der Waals surface area contributed by atoms with Crippen LogP contribution in [0.2, 0.25) is 0 Å². The second-order valence-electron chi connectivity index (χ2n) is 10.0. The van der Waals surface area contributed by atoms with Gasteiger partial charge < -0.3 is 14.8 Å². The van der Waals surface area contributed by atoms with Crippen molar-refractivity contribution >= 4 is 44.2 Å². The molecule has 2 N–H and O–H groups in total. The van der Waals surface area contributed by atoms with Crippen molar-refractivity contribution < 1.29 is 22.7 Å². The zero-order valence-corrected chi connectivity index (χ0v) is 23.8. The van der Waals surface area contributed by atoms with E-state index in [2.05, 4.69) is 38.7 Å². The molecule has 2 aromatic heterocycles. The molecule has 38 heavy (non-hydrogen) atoms. The smallest absolute Gasteiger partial charge is 0.238 e. The van der Waals surface area contributed by atoms with Crippen molar-refractivity contribution in [2.24, 2.45) is 4.99 Å². The number of aryl methyl sites for hydroxylation is 1. The van der Waals surface area contributed by atoms with E-state index in [4.69, 9.17) is 14.5 Å². The fourth-order valence-corrected chi connectivity index (χ4v) is 6.83. The van der Waals surface area contributed by atoms with Crippen LogP contribution in [0.3, 0.4) is 0 Å². The number of Topliss-reactive ketones (excluding diaryl/α,β-unsaturated/α-hetero) is 1. The number of nitrogens with zero attached hydrogens (tertiary/aromatic N) is 4. The van der Waals surface area contributed by atoms with Crippen LogP contribution in [0, 0.1) is 6.92 Å². The number of methoxy groups -OCH3 is 1. The molecular weight excluding hydrogens is 528 g/mol. The van der Waals surface area contributed by atoms with Crippen LogP contribution in [0.5, 0.6) is 5.88 Å². The Labute approximate surface area is 227 Å². The van der Waals surface area contributed by atoms with Gasteiger partial charge in [-0.25, -0.2) is 18.4 Å². The number of hydrogen-bond acceptors (Lipinski definition) is 11. The highest BCUT2D eigenvalue weighted by Crippen LogP contribution is 2.42. The molecule has 2 fully saturated rings. The first-order chi connectivity index (χ1) is 18.1. The summed E-state index contributed by atoms with van der Waals surface area (Å²) in [4.78, 5) is 28.2. The minimum atomic E-state index is -3.55. The number of aliphatic imine (C=N–C) groups is 1. The van der Waals surface area contributed by atoms with Crippen LogP contribution in [-0.4, -0.2) is 93.2 Å². The van der Waals surface area contributed by atoms with E-state index in [9.17, 15) is 13.2 Å². The average Bonchev–Trinajstić information content (AvgIpc) is 3.19. The molecule has 0 bridgehead atoms. The van der Waals surface area contributed by atoms with E-state index >= 15 is 0 Å². The molecule has 3 aliphatic heterocycles. The molecule has 11 nitrogen and oxygen atoms in total. The molecule has 0 amide bonds. The van der Waals surface area contributed by atoms with Crippen LogP contribution >= 0.6 is 11.3 Å². The number of pyridine rings is 1. The molecule has 0 radical (unpaired) electrons. The topological polar surface area (TPSA) is 125 Å². The largest absolute Gasteiger partial charge is 0.480 e. The lowest BCUT2D eigenvalue weighted by Crippen LogP contribution is -2.57. The number of thiophene rings is 1. The lowest BCUT2D eigenvalue weighted by molar-refractivity contribution is -0.121. The molecule has 5 heterocycles. The van der Waals surface area contributed by atoms with E-state index < -0.39 is 15.8 Å². The number of ketones is 1. The van der Waals surface area contributed by atoms with Crippen LogP contribution in [-0.2, 0) is 26.1 Å². The number of hydrogen-bond donors (Lipinski definition) is 2. The van der Waals surface area contributed by atoms with E-state index in [-0.39, 0.29) is 11.6 Å². The van der Waals surface area contributed by atoms with Crippen LogP contribution in [0.1, 0.15) is 40.6 Å². The minimum absolute atomic E-state index is 0.188. The van der Waals surface area contributed by atoms with Crippen molar-refractivity contribution in [2.45, 2.75) is 39.0 Å². The second-order valence-corrected chi connectivity index (χ2v) is 13.0. The highest BCUT2D eigenvalue weighted by atomic mass is 32.2. The van der Waals surface area contributed by atoms with Gasteiger partial charge in [0.2, 0.25) is 15.9 Å². The van der Waals surface area contributed by atoms with Gasteiger partial charge in [0.15, 0.2) is 5.79 Å². The number of anilines is 2. The van der Waals surface area contributed by atoms with Crippen LogP contribution in [0.4, 0.5) is 11.4 Å². The van der Waals surface area contributed by atoms with Gasteiger partial charge in [0.25, 0.3) is 0 Å². The molecule has 2 aromatic rings. The Bertz CT molecular complexity index is 1360. The number of carbonyl (C=O) groups excluding carboxylic acids is 1. The van der Waals surface area contributed by atoms with E-state index in [1.54, 1.807) is 23.6 Å². The van der Waals surface area contributed by atoms with Gasteiger partial charge in [-0.3, -0.25) is 19.3 Å². The summed E-state index contributed by atoms with van der Waals surface area (Å²) in [6.07, 6.45) is 3.94. The first kappa shape index (κ1) is 27.0. The van der Waals surface area contributed by atoms with Crippen molar-refractivity contribution in [3.05, 3.63) is 33.1 Å². The molecule has 1 unspecified atom stereocenters. The van der Waals surface area contributed by atoms with E-state index in [0.29, 0.717) is 37.4 Å². The third-order valence-corrected chi connectivity index (χ3v) is 8.90. The number of ether oxygens (including phenoxy) is 2. The number of morpholine rings is 1. The summed E-state index contributed by atoms with van der Waals surface area (Å²) in [6, 6.07) is 1.73. The molecular formula is C25H34N6O5S2. The molecule has 13 heteroatoms. The molecule has 5 rings (SSSR count). The van der Waals surface area contributed by atoms with E-state index in [0.717, 1.165) is 55.3 Å². The third kappa shape index (κ3) is 5.57. The van der Waals surface area contributed by atoms with Gasteiger partial charge in [-0.15, -0.1) is 11.3 Å². The third-order valence-electron chi connectivity index (χ3n) is 7.15. The van der Waals surface area contributed by atoms with Crippen molar-refractivity contribution in [1.82, 2.24) is 14.8 Å². The molecule has 1 atom stereocenters. The number of piperidine rings is 1. The Kier molecular flexibility index (Phi) is 7.48. The van der Waals surface area contributed by atoms with Gasteiger partial charge in [-0.2, -0.15) is 0 Å². The normalized spacial score (nSPS) is 22.9. The SMILES string of the molecule is COc1ncc(C2=NC(C)(N3CCOCC3)Nc3c2sc(C)c3CN2CCC(=O)CC2)cc1NS(C)(=O)=O. The average molecular weight is 563 g/mol. The van der Waals surface area contributed by atoms with Gasteiger partial charge in [-0.1, -0.05) is 0 Å². The summed E-state index contributed by atoms with van der Waals surface area (Å²) in [6.45, 7) is 9.13. The Morgan fingerprint density at radius 2 is 1.95 bits per heavy atom. The van der Waals surface area contributed by atoms with E-state index in [1.165, 1.54) is 17.6 Å². The Hall–Kier alpha value is -2.58. The first-order valence-corrected chi connectivity index (χ1v) is 15.4. The summed E-state index contributed by atoms with van der Waals surface area (Å²) in [5.74, 6) is -0.229. The molecule has 2 saturated heterocycles. The lowest BCUT2D eigenvalue weighted by Gasteiger charge is -2.44. The zero-order valence-electron chi connectivity index (χ0n) is 22.2. The Morgan fingerprint density at radius 1 is 1.24 bits per heavy atom. The molecule has 0 spiro atoms. The number of aromatic nitrogens is 1. The second kappa shape index (κ2) is 10.5. The van der Waals surface area contributed by atoms with Crippen molar-refractivity contribution in [3.8, 4) is 5.88 Å². The quantitative estimate of drug-likeness (QED) is 0.523. The number of nitrogens with one attached hydrogen (secondary N) is 2. The first-order valence-electron chi connectivity index (χ1n) is 12.7. The zero-order chi connectivity index (χ0) is 27.1. The molecule has 0 aromatic carbocycles. The molecule has 0 aliphatic carbocycles. The molecule has 3 aliphatic rings. The van der Waals surface area contributed by atoms with Gasteiger partial charge in [0.05, 0.1) is 42.9 Å². The molecule has 206 valence electrons. The summed E-state index contributed by atoms with van der Waals surface area (Å²) in [5.41, 5.74) is 3.91. The molecule has 0 saturated carbocycles. The van der Waals surface area contributed by atoms with Gasteiger partial charge in [0, 0.05) is 67.8 Å². The number of carbonyl (C=O) groups is 1. The van der Waals surface area contributed by atoms with Crippen LogP contribution < -0.4 is 14.8 Å². The number of rotatable bonds is 7. The number of sulfonamides is 1. The van der Waals surface area contributed by atoms with Crippen LogP contribution in [0.15, 0.2) is 17.3 Å². The Balaban J connectivity index is 1.60. The number of fused-ring (bicyclic) bond motifs is 1.